The van der Waals surface area contributed by atoms with Gasteiger partial charge in [-0.25, -0.2) is 23.1 Å². The SMILES string of the molecule is CCC(Sc1nnc(N)s1)C(=O)Nc1ccc(S(=O)(=O)Nc2nc(C)cc(C)n2)cc1. The molecule has 0 radical (unpaired) electrons. The van der Waals surface area contributed by atoms with Gasteiger partial charge in [0, 0.05) is 17.1 Å². The number of carbonyl (C=O) groups excluding carboxylic acids is 1. The monoisotopic (exact) mass is 479 g/mol. The molecule has 1 unspecified atom stereocenters. The molecule has 0 saturated heterocycles. The van der Waals surface area contributed by atoms with Gasteiger partial charge in [-0.05, 0) is 50.6 Å². The van der Waals surface area contributed by atoms with Gasteiger partial charge in [-0.15, -0.1) is 10.2 Å². The Balaban J connectivity index is 1.67. The van der Waals surface area contributed by atoms with Crippen molar-refractivity contribution in [2.75, 3.05) is 15.8 Å². The van der Waals surface area contributed by atoms with Gasteiger partial charge in [-0.1, -0.05) is 30.0 Å². The molecule has 31 heavy (non-hydrogen) atoms. The molecular weight excluding hydrogens is 458 g/mol. The van der Waals surface area contributed by atoms with Crippen LogP contribution in [0.1, 0.15) is 24.7 Å². The lowest BCUT2D eigenvalue weighted by atomic mass is 10.3. The highest BCUT2D eigenvalue weighted by atomic mass is 32.2. The number of nitrogen functional groups attached to an aromatic ring is 1. The Morgan fingerprint density at radius 2 is 1.81 bits per heavy atom. The van der Waals surface area contributed by atoms with Gasteiger partial charge in [0.05, 0.1) is 10.1 Å². The minimum absolute atomic E-state index is 0.00926. The van der Waals surface area contributed by atoms with Gasteiger partial charge in [0.15, 0.2) is 4.34 Å². The third kappa shape index (κ3) is 6.12. The first-order valence-corrected chi connectivity index (χ1v) is 12.4. The Kier molecular flexibility index (Phi) is 7.08. The second-order valence-corrected chi connectivity index (χ2v) is 10.7. The predicted octanol–water partition coefficient (Wildman–Crippen LogP) is 2.84. The highest BCUT2D eigenvalue weighted by Gasteiger charge is 2.21. The second kappa shape index (κ2) is 9.58. The lowest BCUT2D eigenvalue weighted by molar-refractivity contribution is -0.115. The predicted molar refractivity (Wildman–Crippen MR) is 122 cm³/mol. The molecular formula is C18H21N7O3S3. The lowest BCUT2D eigenvalue weighted by Gasteiger charge is -2.13. The Hall–Kier alpha value is -2.77. The molecule has 0 aliphatic carbocycles. The molecule has 0 saturated carbocycles. The highest BCUT2D eigenvalue weighted by Crippen LogP contribution is 2.30. The zero-order valence-corrected chi connectivity index (χ0v) is 19.4. The fraction of sp³-hybridized carbons (Fsp3) is 0.278. The maximum atomic E-state index is 12.6. The van der Waals surface area contributed by atoms with E-state index in [2.05, 4.69) is 30.2 Å². The molecule has 1 amide bonds. The summed E-state index contributed by atoms with van der Waals surface area (Å²) < 4.78 is 28.2. The first-order valence-electron chi connectivity index (χ1n) is 9.18. The molecule has 3 aromatic rings. The number of benzene rings is 1. The van der Waals surface area contributed by atoms with Crippen LogP contribution in [-0.4, -0.2) is 39.7 Å². The van der Waals surface area contributed by atoms with Gasteiger partial charge >= 0.3 is 0 Å². The van der Waals surface area contributed by atoms with Crippen LogP contribution in [0.5, 0.6) is 0 Å². The summed E-state index contributed by atoms with van der Waals surface area (Å²) >= 11 is 2.50. The number of nitrogens with two attached hydrogens (primary N) is 1. The molecule has 0 spiro atoms. The largest absolute Gasteiger partial charge is 0.374 e. The molecule has 13 heteroatoms. The van der Waals surface area contributed by atoms with E-state index in [4.69, 9.17) is 5.73 Å². The van der Waals surface area contributed by atoms with E-state index < -0.39 is 10.0 Å². The Morgan fingerprint density at radius 3 is 2.35 bits per heavy atom. The zero-order valence-electron chi connectivity index (χ0n) is 17.0. The number of hydrogen-bond acceptors (Lipinski definition) is 10. The van der Waals surface area contributed by atoms with E-state index in [1.54, 1.807) is 19.9 Å². The average molecular weight is 480 g/mol. The number of aromatic nitrogens is 4. The topological polar surface area (TPSA) is 153 Å². The van der Waals surface area contributed by atoms with Crippen LogP contribution in [0.3, 0.4) is 0 Å². The van der Waals surface area contributed by atoms with Crippen LogP contribution in [0, 0.1) is 13.8 Å². The van der Waals surface area contributed by atoms with Crippen molar-refractivity contribution in [3.05, 3.63) is 41.7 Å². The molecule has 0 aliphatic rings. The van der Waals surface area contributed by atoms with Crippen molar-refractivity contribution in [2.24, 2.45) is 0 Å². The Labute approximate surface area is 188 Å². The number of aryl methyl sites for hydroxylation is 2. The molecule has 1 atom stereocenters. The van der Waals surface area contributed by atoms with Crippen molar-refractivity contribution >= 4 is 55.8 Å². The highest BCUT2D eigenvalue weighted by molar-refractivity contribution is 8.02. The fourth-order valence-corrected chi connectivity index (χ4v) is 5.35. The van der Waals surface area contributed by atoms with Crippen LogP contribution in [0.4, 0.5) is 16.8 Å². The summed E-state index contributed by atoms with van der Waals surface area (Å²) in [6.07, 6.45) is 0.572. The van der Waals surface area contributed by atoms with Crippen LogP contribution >= 0.6 is 23.1 Å². The van der Waals surface area contributed by atoms with Crippen molar-refractivity contribution in [3.8, 4) is 0 Å². The summed E-state index contributed by atoms with van der Waals surface area (Å²) in [5.41, 5.74) is 7.36. The smallest absolute Gasteiger partial charge is 0.264 e. The first-order chi connectivity index (χ1) is 14.7. The van der Waals surface area contributed by atoms with Crippen LogP contribution in [-0.2, 0) is 14.8 Å². The molecule has 1 aromatic carbocycles. The normalized spacial score (nSPS) is 12.4. The minimum Gasteiger partial charge on any atom is -0.374 e. The number of amides is 1. The molecule has 0 aliphatic heterocycles. The second-order valence-electron chi connectivity index (χ2n) is 6.51. The number of thioether (sulfide) groups is 1. The van der Waals surface area contributed by atoms with E-state index in [9.17, 15) is 13.2 Å². The zero-order chi connectivity index (χ0) is 22.6. The van der Waals surface area contributed by atoms with Crippen molar-refractivity contribution in [1.82, 2.24) is 20.2 Å². The van der Waals surface area contributed by atoms with E-state index in [0.29, 0.717) is 33.0 Å². The summed E-state index contributed by atoms with van der Waals surface area (Å²) in [5, 5.41) is 10.4. The van der Waals surface area contributed by atoms with E-state index >= 15 is 0 Å². The van der Waals surface area contributed by atoms with E-state index in [1.807, 2.05) is 6.92 Å². The summed E-state index contributed by atoms with van der Waals surface area (Å²) in [5.74, 6) is -0.214. The van der Waals surface area contributed by atoms with Crippen molar-refractivity contribution in [3.63, 3.8) is 0 Å². The van der Waals surface area contributed by atoms with E-state index in [1.165, 1.54) is 47.4 Å². The molecule has 4 N–H and O–H groups in total. The number of hydrogen-bond donors (Lipinski definition) is 3. The van der Waals surface area contributed by atoms with E-state index in [-0.39, 0.29) is 22.0 Å². The number of anilines is 3. The Morgan fingerprint density at radius 1 is 1.16 bits per heavy atom. The summed E-state index contributed by atoms with van der Waals surface area (Å²) in [4.78, 5) is 20.8. The third-order valence-electron chi connectivity index (χ3n) is 3.97. The minimum atomic E-state index is -3.87. The molecule has 164 valence electrons. The van der Waals surface area contributed by atoms with Gasteiger partial charge < -0.3 is 11.1 Å². The lowest BCUT2D eigenvalue weighted by Crippen LogP contribution is -2.24. The maximum Gasteiger partial charge on any atom is 0.264 e. The summed E-state index contributed by atoms with van der Waals surface area (Å²) in [6, 6.07) is 7.60. The summed E-state index contributed by atoms with van der Waals surface area (Å²) in [6.45, 7) is 5.40. The van der Waals surface area contributed by atoms with E-state index in [0.717, 1.165) is 0 Å². The van der Waals surface area contributed by atoms with Crippen molar-refractivity contribution < 1.29 is 13.2 Å². The van der Waals surface area contributed by atoms with Crippen LogP contribution in [0.2, 0.25) is 0 Å². The van der Waals surface area contributed by atoms with Crippen LogP contribution in [0.25, 0.3) is 0 Å². The molecule has 2 aromatic heterocycles. The number of rotatable bonds is 8. The number of nitrogens with one attached hydrogen (secondary N) is 2. The summed E-state index contributed by atoms with van der Waals surface area (Å²) in [7, 11) is -3.87. The van der Waals surface area contributed by atoms with Crippen molar-refractivity contribution in [1.29, 1.82) is 0 Å². The third-order valence-corrected chi connectivity index (χ3v) is 7.51. The van der Waals surface area contributed by atoms with Gasteiger partial charge in [-0.3, -0.25) is 4.79 Å². The average Bonchev–Trinajstić information content (AvgIpc) is 3.10. The Bertz CT molecular complexity index is 1160. The molecule has 10 nitrogen and oxygen atoms in total. The van der Waals surface area contributed by atoms with Crippen molar-refractivity contribution in [2.45, 2.75) is 41.7 Å². The van der Waals surface area contributed by atoms with Crippen LogP contribution in [0.15, 0.2) is 39.6 Å². The number of carbonyl (C=O) groups is 1. The van der Waals surface area contributed by atoms with Crippen LogP contribution < -0.4 is 15.8 Å². The van der Waals surface area contributed by atoms with Gasteiger partial charge in [0.2, 0.25) is 17.0 Å². The van der Waals surface area contributed by atoms with Gasteiger partial charge in [0.25, 0.3) is 10.0 Å². The molecule has 3 rings (SSSR count). The number of nitrogens with zero attached hydrogens (tertiary/aromatic N) is 4. The van der Waals surface area contributed by atoms with Gasteiger partial charge in [0.1, 0.15) is 0 Å². The van der Waals surface area contributed by atoms with Gasteiger partial charge in [-0.2, -0.15) is 0 Å². The number of sulfonamides is 1. The molecule has 0 bridgehead atoms. The molecule has 0 fully saturated rings. The molecule has 2 heterocycles. The fourth-order valence-electron chi connectivity index (χ4n) is 2.60. The maximum absolute atomic E-state index is 12.6. The first kappa shape index (κ1) is 22.9. The standard InChI is InChI=1S/C18H21N7O3S3/c1-4-14(29-18-24-23-16(19)30-18)15(26)22-12-5-7-13(8-6-12)31(27,28)25-17-20-10(2)9-11(3)21-17/h5-9,14H,4H2,1-3H3,(H2,19,23)(H,22,26)(H,20,21,25). The quantitative estimate of drug-likeness (QED) is 0.414.